The Labute approximate surface area is 127 Å². The van der Waals surface area contributed by atoms with Crippen molar-refractivity contribution in [1.82, 2.24) is 4.98 Å². The number of esters is 1. The standard InChI is InChI=1S/C17H27NO3/c1-21-17(20)11-10-15(6-2-3-13-19)7-4-8-16-9-5-12-18-14-16/h5,9,12,14-15,19H,2-4,6-8,10-11,13H2,1H3/t15-/m0/s1. The quantitative estimate of drug-likeness (QED) is 0.503. The van der Waals surface area contributed by atoms with Crippen LogP contribution in [0.1, 0.15) is 50.5 Å². The summed E-state index contributed by atoms with van der Waals surface area (Å²) in [5.41, 5.74) is 1.26. The Hall–Kier alpha value is -1.42. The first-order valence-electron chi connectivity index (χ1n) is 7.82. The lowest BCUT2D eigenvalue weighted by Gasteiger charge is -2.16. The van der Waals surface area contributed by atoms with Crippen LogP contribution in [0.2, 0.25) is 0 Å². The number of hydrogen-bond acceptors (Lipinski definition) is 4. The number of rotatable bonds is 11. The van der Waals surface area contributed by atoms with Gasteiger partial charge in [-0.1, -0.05) is 25.3 Å². The van der Waals surface area contributed by atoms with Gasteiger partial charge in [0.05, 0.1) is 7.11 Å². The fourth-order valence-corrected chi connectivity index (χ4v) is 2.54. The van der Waals surface area contributed by atoms with E-state index in [1.807, 2.05) is 12.3 Å². The van der Waals surface area contributed by atoms with Gasteiger partial charge in [0.15, 0.2) is 0 Å². The molecule has 0 saturated heterocycles. The number of aliphatic hydroxyl groups excluding tert-OH is 1. The second-order valence-corrected chi connectivity index (χ2v) is 5.45. The Morgan fingerprint density at radius 1 is 1.29 bits per heavy atom. The topological polar surface area (TPSA) is 59.4 Å². The van der Waals surface area contributed by atoms with E-state index in [2.05, 4.69) is 11.1 Å². The number of ether oxygens (including phenoxy) is 1. The second kappa shape index (κ2) is 11.3. The van der Waals surface area contributed by atoms with Crippen LogP contribution in [0.3, 0.4) is 0 Å². The van der Waals surface area contributed by atoms with Crippen LogP contribution >= 0.6 is 0 Å². The van der Waals surface area contributed by atoms with Gasteiger partial charge in [0.1, 0.15) is 0 Å². The number of aliphatic hydroxyl groups is 1. The van der Waals surface area contributed by atoms with Crippen LogP contribution in [0.15, 0.2) is 24.5 Å². The van der Waals surface area contributed by atoms with E-state index in [0.717, 1.165) is 44.9 Å². The average Bonchev–Trinajstić information content (AvgIpc) is 2.53. The van der Waals surface area contributed by atoms with E-state index in [1.165, 1.54) is 12.7 Å². The minimum absolute atomic E-state index is 0.130. The zero-order valence-electron chi connectivity index (χ0n) is 13.0. The molecule has 1 N–H and O–H groups in total. The molecular weight excluding hydrogens is 266 g/mol. The van der Waals surface area contributed by atoms with Crippen molar-refractivity contribution in [3.05, 3.63) is 30.1 Å². The van der Waals surface area contributed by atoms with Crippen molar-refractivity contribution in [1.29, 1.82) is 0 Å². The molecule has 0 saturated carbocycles. The van der Waals surface area contributed by atoms with Crippen molar-refractivity contribution in [2.24, 2.45) is 5.92 Å². The summed E-state index contributed by atoms with van der Waals surface area (Å²) in [4.78, 5) is 15.4. The number of carbonyl (C=O) groups is 1. The Kier molecular flexibility index (Phi) is 9.46. The molecule has 1 atom stereocenters. The van der Waals surface area contributed by atoms with Gasteiger partial charge in [-0.3, -0.25) is 9.78 Å². The number of methoxy groups -OCH3 is 1. The zero-order valence-corrected chi connectivity index (χ0v) is 13.0. The van der Waals surface area contributed by atoms with Gasteiger partial charge in [-0.05, 0) is 43.2 Å². The molecule has 0 spiro atoms. The van der Waals surface area contributed by atoms with Crippen molar-refractivity contribution in [2.75, 3.05) is 13.7 Å². The molecule has 1 heterocycles. The van der Waals surface area contributed by atoms with Crippen LogP contribution < -0.4 is 0 Å². The Morgan fingerprint density at radius 3 is 2.76 bits per heavy atom. The molecule has 1 rings (SSSR count). The van der Waals surface area contributed by atoms with Crippen LogP contribution in [0.5, 0.6) is 0 Å². The van der Waals surface area contributed by atoms with Crippen molar-refractivity contribution < 1.29 is 14.6 Å². The summed E-state index contributed by atoms with van der Waals surface area (Å²) in [6.45, 7) is 0.249. The maximum Gasteiger partial charge on any atom is 0.305 e. The fourth-order valence-electron chi connectivity index (χ4n) is 2.54. The fraction of sp³-hybridized carbons (Fsp3) is 0.647. The SMILES string of the molecule is COC(=O)CC[C@@H](CCCCO)CCCc1cccnc1. The molecule has 0 aliphatic carbocycles. The Bertz CT molecular complexity index is 381. The number of nitrogens with zero attached hydrogens (tertiary/aromatic N) is 1. The summed E-state index contributed by atoms with van der Waals surface area (Å²) in [6.07, 6.45) is 11.3. The lowest BCUT2D eigenvalue weighted by molar-refractivity contribution is -0.141. The van der Waals surface area contributed by atoms with E-state index < -0.39 is 0 Å². The Balaban J connectivity index is 2.31. The lowest BCUT2D eigenvalue weighted by atomic mass is 9.91. The number of hydrogen-bond donors (Lipinski definition) is 1. The van der Waals surface area contributed by atoms with E-state index >= 15 is 0 Å². The van der Waals surface area contributed by atoms with Gasteiger partial charge in [0, 0.05) is 25.4 Å². The highest BCUT2D eigenvalue weighted by atomic mass is 16.5. The predicted octanol–water partition coefficient (Wildman–Crippen LogP) is 3.14. The number of aromatic nitrogens is 1. The summed E-state index contributed by atoms with van der Waals surface area (Å²) in [5.74, 6) is 0.404. The van der Waals surface area contributed by atoms with Gasteiger partial charge >= 0.3 is 5.97 Å². The number of pyridine rings is 1. The normalized spacial score (nSPS) is 12.1. The molecule has 4 heteroatoms. The third kappa shape index (κ3) is 8.45. The van der Waals surface area contributed by atoms with Gasteiger partial charge in [-0.2, -0.15) is 0 Å². The maximum atomic E-state index is 11.3. The second-order valence-electron chi connectivity index (χ2n) is 5.45. The summed E-state index contributed by atoms with van der Waals surface area (Å²) < 4.78 is 4.71. The van der Waals surface area contributed by atoms with Gasteiger partial charge < -0.3 is 9.84 Å². The highest BCUT2D eigenvalue weighted by Crippen LogP contribution is 2.22. The van der Waals surface area contributed by atoms with Crippen molar-refractivity contribution in [3.63, 3.8) is 0 Å². The molecule has 0 amide bonds. The minimum Gasteiger partial charge on any atom is -0.469 e. The molecule has 0 aliphatic rings. The molecule has 0 bridgehead atoms. The zero-order chi connectivity index (χ0) is 15.3. The summed E-state index contributed by atoms with van der Waals surface area (Å²) in [7, 11) is 1.44. The van der Waals surface area contributed by atoms with Crippen molar-refractivity contribution >= 4 is 5.97 Å². The largest absolute Gasteiger partial charge is 0.469 e. The van der Waals surface area contributed by atoms with Gasteiger partial charge in [-0.15, -0.1) is 0 Å². The minimum atomic E-state index is -0.130. The first kappa shape index (κ1) is 17.6. The molecule has 0 aromatic carbocycles. The third-order valence-corrected chi connectivity index (χ3v) is 3.81. The monoisotopic (exact) mass is 293 g/mol. The Morgan fingerprint density at radius 2 is 2.10 bits per heavy atom. The van der Waals surface area contributed by atoms with Crippen LogP contribution in [0.4, 0.5) is 0 Å². The van der Waals surface area contributed by atoms with Crippen LogP contribution in [0.25, 0.3) is 0 Å². The molecule has 0 fully saturated rings. The number of unbranched alkanes of at least 4 members (excludes halogenated alkanes) is 1. The molecule has 21 heavy (non-hydrogen) atoms. The lowest BCUT2D eigenvalue weighted by Crippen LogP contribution is -2.07. The molecule has 0 radical (unpaired) electrons. The van der Waals surface area contributed by atoms with E-state index in [4.69, 9.17) is 9.84 Å². The molecule has 0 unspecified atom stereocenters. The van der Waals surface area contributed by atoms with Crippen molar-refractivity contribution in [2.45, 2.75) is 51.4 Å². The highest BCUT2D eigenvalue weighted by molar-refractivity contribution is 5.69. The third-order valence-electron chi connectivity index (χ3n) is 3.81. The molecule has 0 aliphatic heterocycles. The molecule has 4 nitrogen and oxygen atoms in total. The smallest absolute Gasteiger partial charge is 0.305 e. The summed E-state index contributed by atoms with van der Waals surface area (Å²) in [5, 5.41) is 8.88. The van der Waals surface area contributed by atoms with Gasteiger partial charge in [0.25, 0.3) is 0 Å². The summed E-state index contributed by atoms with van der Waals surface area (Å²) >= 11 is 0. The van der Waals surface area contributed by atoms with Crippen LogP contribution in [-0.4, -0.2) is 29.8 Å². The summed E-state index contributed by atoms with van der Waals surface area (Å²) in [6, 6.07) is 4.06. The van der Waals surface area contributed by atoms with E-state index in [1.54, 1.807) is 6.20 Å². The predicted molar refractivity (Wildman–Crippen MR) is 82.9 cm³/mol. The van der Waals surface area contributed by atoms with Crippen LogP contribution in [-0.2, 0) is 16.0 Å². The first-order valence-corrected chi connectivity index (χ1v) is 7.82. The van der Waals surface area contributed by atoms with E-state index in [9.17, 15) is 4.79 Å². The molecule has 118 valence electrons. The van der Waals surface area contributed by atoms with Crippen molar-refractivity contribution in [3.8, 4) is 0 Å². The van der Waals surface area contributed by atoms with Gasteiger partial charge in [0.2, 0.25) is 0 Å². The average molecular weight is 293 g/mol. The van der Waals surface area contributed by atoms with E-state index in [-0.39, 0.29) is 12.6 Å². The number of carbonyl (C=O) groups excluding carboxylic acids is 1. The first-order chi connectivity index (χ1) is 10.3. The molecular formula is C17H27NO3. The maximum absolute atomic E-state index is 11.3. The highest BCUT2D eigenvalue weighted by Gasteiger charge is 2.11. The van der Waals surface area contributed by atoms with Crippen LogP contribution in [0, 0.1) is 5.92 Å². The molecule has 1 aromatic heterocycles. The molecule has 1 aromatic rings. The number of aryl methyl sites for hydroxylation is 1. The van der Waals surface area contributed by atoms with E-state index in [0.29, 0.717) is 12.3 Å². The van der Waals surface area contributed by atoms with Gasteiger partial charge in [-0.25, -0.2) is 0 Å².